The molecule has 1 atom stereocenters. The van der Waals surface area contributed by atoms with Crippen molar-refractivity contribution < 1.29 is 9.13 Å². The molecule has 68 valence electrons. The molecule has 4 heteroatoms. The van der Waals surface area contributed by atoms with Gasteiger partial charge < -0.3 is 4.74 Å². The summed E-state index contributed by atoms with van der Waals surface area (Å²) in [6.07, 6.45) is -0.543. The highest BCUT2D eigenvalue weighted by Crippen LogP contribution is 2.48. The number of hydrogen-bond donors (Lipinski definition) is 0. The molecule has 0 N–H and O–H groups in total. The van der Waals surface area contributed by atoms with E-state index < -0.39 is 11.7 Å². The molecule has 0 bridgehead atoms. The first-order valence-electron chi connectivity index (χ1n) is 3.97. The lowest BCUT2D eigenvalue weighted by molar-refractivity contribution is 0.369. The van der Waals surface area contributed by atoms with Crippen LogP contribution in [0.4, 0.5) is 4.39 Å². The van der Waals surface area contributed by atoms with E-state index in [9.17, 15) is 4.39 Å². The topological polar surface area (TPSA) is 60.1 Å². The van der Waals surface area contributed by atoms with Crippen LogP contribution >= 0.6 is 0 Å². The SMILES string of the molecule is N#CC1(C#N)OC1c1ccc(F)cc1. The van der Waals surface area contributed by atoms with Crippen molar-refractivity contribution in [3.05, 3.63) is 35.6 Å². The van der Waals surface area contributed by atoms with Crippen molar-refractivity contribution >= 4 is 0 Å². The van der Waals surface area contributed by atoms with Gasteiger partial charge in [0, 0.05) is 0 Å². The van der Waals surface area contributed by atoms with Gasteiger partial charge in [0.2, 0.25) is 0 Å². The first-order chi connectivity index (χ1) is 6.72. The molecule has 1 aromatic rings. The standard InChI is InChI=1S/C10H5FN2O/c11-8-3-1-7(2-4-8)9-10(5-12,6-13)14-9/h1-4,9H. The molecule has 3 nitrogen and oxygen atoms in total. The van der Waals surface area contributed by atoms with Crippen LogP contribution in [-0.4, -0.2) is 5.60 Å². The summed E-state index contributed by atoms with van der Waals surface area (Å²) in [5.41, 5.74) is -0.716. The third-order valence-corrected chi connectivity index (χ3v) is 2.12. The highest BCUT2D eigenvalue weighted by molar-refractivity contribution is 5.38. The summed E-state index contributed by atoms with van der Waals surface area (Å²) in [5.74, 6) is -0.353. The molecule has 0 saturated carbocycles. The van der Waals surface area contributed by atoms with Gasteiger partial charge in [-0.3, -0.25) is 0 Å². The molecule has 1 aliphatic rings. The van der Waals surface area contributed by atoms with Crippen LogP contribution in [0.25, 0.3) is 0 Å². The molecule has 1 unspecified atom stereocenters. The molecule has 0 radical (unpaired) electrons. The van der Waals surface area contributed by atoms with E-state index in [0.717, 1.165) is 0 Å². The molecule has 1 heterocycles. The zero-order valence-corrected chi connectivity index (χ0v) is 7.07. The molecule has 0 aromatic heterocycles. The number of halogens is 1. The van der Waals surface area contributed by atoms with Gasteiger partial charge in [0.1, 0.15) is 24.1 Å². The summed E-state index contributed by atoms with van der Waals surface area (Å²) < 4.78 is 17.5. The second kappa shape index (κ2) is 2.80. The van der Waals surface area contributed by atoms with Crippen molar-refractivity contribution in [1.29, 1.82) is 10.5 Å². The van der Waals surface area contributed by atoms with Gasteiger partial charge in [-0.1, -0.05) is 12.1 Å². The van der Waals surface area contributed by atoms with Crippen LogP contribution in [0.1, 0.15) is 11.7 Å². The molecule has 1 saturated heterocycles. The van der Waals surface area contributed by atoms with Gasteiger partial charge in [-0.15, -0.1) is 0 Å². The Morgan fingerprint density at radius 3 is 2.21 bits per heavy atom. The number of rotatable bonds is 1. The molecule has 1 aromatic carbocycles. The van der Waals surface area contributed by atoms with E-state index in [1.807, 2.05) is 0 Å². The van der Waals surface area contributed by atoms with Gasteiger partial charge in [0.15, 0.2) is 0 Å². The van der Waals surface area contributed by atoms with Crippen molar-refractivity contribution in [3.63, 3.8) is 0 Å². The summed E-state index contributed by atoms with van der Waals surface area (Å²) in [7, 11) is 0. The average molecular weight is 188 g/mol. The molecule has 0 spiro atoms. The zero-order valence-electron chi connectivity index (χ0n) is 7.07. The van der Waals surface area contributed by atoms with E-state index in [0.29, 0.717) is 5.56 Å². The predicted molar refractivity (Wildman–Crippen MR) is 44.2 cm³/mol. The molecular formula is C10H5FN2O. The molecule has 2 rings (SSSR count). The fourth-order valence-electron chi connectivity index (χ4n) is 1.29. The quantitative estimate of drug-likeness (QED) is 0.630. The Bertz CT molecular complexity index is 427. The second-order valence-corrected chi connectivity index (χ2v) is 3.01. The Morgan fingerprint density at radius 2 is 1.79 bits per heavy atom. The fraction of sp³-hybridized carbons (Fsp3) is 0.200. The lowest BCUT2D eigenvalue weighted by Gasteiger charge is -1.94. The van der Waals surface area contributed by atoms with E-state index >= 15 is 0 Å². The summed E-state index contributed by atoms with van der Waals surface area (Å²) in [6.45, 7) is 0. The van der Waals surface area contributed by atoms with E-state index in [-0.39, 0.29) is 5.82 Å². The maximum absolute atomic E-state index is 12.6. The van der Waals surface area contributed by atoms with Crippen molar-refractivity contribution in [2.45, 2.75) is 11.7 Å². The number of nitrogens with zero attached hydrogens (tertiary/aromatic N) is 2. The third-order valence-electron chi connectivity index (χ3n) is 2.12. The Hall–Kier alpha value is -1.91. The Balaban J connectivity index is 2.26. The largest absolute Gasteiger partial charge is 0.332 e. The maximum Gasteiger partial charge on any atom is 0.272 e. The van der Waals surface area contributed by atoms with E-state index in [4.69, 9.17) is 15.3 Å². The normalized spacial score (nSPS) is 22.1. The monoisotopic (exact) mass is 188 g/mol. The number of benzene rings is 1. The fourth-order valence-corrected chi connectivity index (χ4v) is 1.29. The Labute approximate surface area is 79.9 Å². The summed E-state index contributed by atoms with van der Waals surface area (Å²) >= 11 is 0. The van der Waals surface area contributed by atoms with Crippen LogP contribution in [0, 0.1) is 28.5 Å². The molecule has 1 fully saturated rings. The van der Waals surface area contributed by atoms with Crippen molar-refractivity contribution in [2.75, 3.05) is 0 Å². The maximum atomic E-state index is 12.6. The summed E-state index contributed by atoms with van der Waals surface area (Å²) in [4.78, 5) is 0. The average Bonchev–Trinajstić information content (AvgIpc) is 2.94. The van der Waals surface area contributed by atoms with Gasteiger partial charge in [-0.2, -0.15) is 10.5 Å². The van der Waals surface area contributed by atoms with Gasteiger partial charge in [0.25, 0.3) is 5.60 Å². The lowest BCUT2D eigenvalue weighted by Crippen LogP contribution is -2.04. The van der Waals surface area contributed by atoms with E-state index in [2.05, 4.69) is 0 Å². The minimum Gasteiger partial charge on any atom is -0.332 e. The number of hydrogen-bond acceptors (Lipinski definition) is 3. The number of ether oxygens (including phenoxy) is 1. The molecule has 0 amide bonds. The molecular weight excluding hydrogens is 183 g/mol. The highest BCUT2D eigenvalue weighted by atomic mass is 19.1. The van der Waals surface area contributed by atoms with Crippen LogP contribution in [-0.2, 0) is 4.74 Å². The van der Waals surface area contributed by atoms with Gasteiger partial charge in [0.05, 0.1) is 0 Å². The summed E-state index contributed by atoms with van der Waals surface area (Å²) in [5, 5.41) is 17.3. The third kappa shape index (κ3) is 1.14. The minimum atomic E-state index is -1.36. The number of nitriles is 2. The Morgan fingerprint density at radius 1 is 1.21 bits per heavy atom. The number of epoxide rings is 1. The van der Waals surface area contributed by atoms with Crippen LogP contribution < -0.4 is 0 Å². The molecule has 0 aliphatic carbocycles. The smallest absolute Gasteiger partial charge is 0.272 e. The van der Waals surface area contributed by atoms with Crippen molar-refractivity contribution in [2.24, 2.45) is 0 Å². The summed E-state index contributed by atoms with van der Waals surface area (Å²) in [6, 6.07) is 9.15. The zero-order chi connectivity index (χ0) is 10.2. The van der Waals surface area contributed by atoms with Crippen LogP contribution in [0.5, 0.6) is 0 Å². The first-order valence-corrected chi connectivity index (χ1v) is 3.97. The van der Waals surface area contributed by atoms with Crippen molar-refractivity contribution in [1.82, 2.24) is 0 Å². The highest BCUT2D eigenvalue weighted by Gasteiger charge is 2.59. The van der Waals surface area contributed by atoms with Crippen LogP contribution in [0.15, 0.2) is 24.3 Å². The Kier molecular flexibility index (Phi) is 1.73. The molecule has 14 heavy (non-hydrogen) atoms. The van der Waals surface area contributed by atoms with Gasteiger partial charge in [-0.25, -0.2) is 4.39 Å². The van der Waals surface area contributed by atoms with E-state index in [1.165, 1.54) is 24.3 Å². The lowest BCUT2D eigenvalue weighted by atomic mass is 10.0. The van der Waals surface area contributed by atoms with Crippen LogP contribution in [0.2, 0.25) is 0 Å². The van der Waals surface area contributed by atoms with Gasteiger partial charge >= 0.3 is 0 Å². The van der Waals surface area contributed by atoms with E-state index in [1.54, 1.807) is 12.1 Å². The second-order valence-electron chi connectivity index (χ2n) is 3.01. The molecule has 1 aliphatic heterocycles. The van der Waals surface area contributed by atoms with Crippen LogP contribution in [0.3, 0.4) is 0 Å². The predicted octanol–water partition coefficient (Wildman–Crippen LogP) is 1.68. The first kappa shape index (κ1) is 8.68. The minimum absolute atomic E-state index is 0.353. The van der Waals surface area contributed by atoms with Gasteiger partial charge in [-0.05, 0) is 17.7 Å². The van der Waals surface area contributed by atoms with Crippen molar-refractivity contribution in [3.8, 4) is 12.1 Å².